The van der Waals surface area contributed by atoms with E-state index >= 15 is 4.39 Å². The number of nitrogens with zero attached hydrogens (tertiary/aromatic N) is 2. The fraction of sp³-hybridized carbons (Fsp3) is 0.160. The summed E-state index contributed by atoms with van der Waals surface area (Å²) >= 11 is 7.67. The molecule has 0 aliphatic heterocycles. The van der Waals surface area contributed by atoms with Crippen molar-refractivity contribution in [3.8, 4) is 11.5 Å². The van der Waals surface area contributed by atoms with E-state index < -0.39 is 16.8 Å². The second-order valence-electron chi connectivity index (χ2n) is 7.49. The Morgan fingerprint density at radius 1 is 1.06 bits per heavy atom. The van der Waals surface area contributed by atoms with Crippen LogP contribution in [0.4, 0.5) is 19.6 Å². The van der Waals surface area contributed by atoms with Crippen LogP contribution >= 0.6 is 22.9 Å². The van der Waals surface area contributed by atoms with Gasteiger partial charge in [0, 0.05) is 35.3 Å². The molecular weight excluding hydrogens is 528 g/mol. The monoisotopic (exact) mass is 549 g/mol. The molecule has 0 fully saturated rings. The van der Waals surface area contributed by atoms with E-state index in [1.807, 2.05) is 0 Å². The highest BCUT2D eigenvalue weighted by Crippen LogP contribution is 2.33. The zero-order chi connectivity index (χ0) is 25.7. The fourth-order valence-electron chi connectivity index (χ4n) is 3.42. The third-order valence-electron chi connectivity index (χ3n) is 5.28. The predicted octanol–water partition coefficient (Wildman–Crippen LogP) is 6.43. The molecule has 1 heterocycles. The lowest BCUT2D eigenvalue weighted by Gasteiger charge is -2.23. The van der Waals surface area contributed by atoms with E-state index in [2.05, 4.69) is 10.3 Å². The summed E-state index contributed by atoms with van der Waals surface area (Å²) in [5.74, 6) is 0.0253. The second-order valence-corrected chi connectivity index (χ2v) is 10.1. The number of nitrogens with one attached hydrogen (secondary N) is 1. The van der Waals surface area contributed by atoms with Crippen molar-refractivity contribution in [1.29, 1.82) is 0 Å². The van der Waals surface area contributed by atoms with E-state index in [1.54, 1.807) is 55.1 Å². The van der Waals surface area contributed by atoms with Gasteiger partial charge in [0.2, 0.25) is 0 Å². The molecule has 11 heteroatoms. The zero-order valence-corrected chi connectivity index (χ0v) is 21.7. The van der Waals surface area contributed by atoms with Crippen molar-refractivity contribution < 1.29 is 22.5 Å². The van der Waals surface area contributed by atoms with Crippen LogP contribution in [-0.4, -0.2) is 23.4 Å². The van der Waals surface area contributed by atoms with E-state index in [0.29, 0.717) is 27.8 Å². The first-order valence-corrected chi connectivity index (χ1v) is 13.0. The largest absolute Gasteiger partial charge is 0.497 e. The van der Waals surface area contributed by atoms with Gasteiger partial charge < -0.3 is 14.8 Å². The molecule has 0 aliphatic rings. The highest BCUT2D eigenvalue weighted by Gasteiger charge is 2.24. The van der Waals surface area contributed by atoms with E-state index in [4.69, 9.17) is 21.1 Å². The number of anilines is 2. The van der Waals surface area contributed by atoms with Crippen LogP contribution in [0.15, 0.2) is 71.1 Å². The predicted molar refractivity (Wildman–Crippen MR) is 139 cm³/mol. The molecular formula is C25H22ClF2N3O3S2. The molecule has 188 valence electrons. The van der Waals surface area contributed by atoms with Crippen LogP contribution in [0.25, 0.3) is 0 Å². The molecule has 0 spiro atoms. The summed E-state index contributed by atoms with van der Waals surface area (Å²) in [6.07, 6.45) is 1.58. The number of ether oxygens (including phenoxy) is 2. The molecule has 1 atom stereocenters. The first-order valence-electron chi connectivity index (χ1n) is 10.7. The number of benzene rings is 3. The van der Waals surface area contributed by atoms with Crippen LogP contribution in [0, 0.1) is 11.6 Å². The number of thiazole rings is 1. The maximum absolute atomic E-state index is 15.2. The Labute approximate surface area is 219 Å². The summed E-state index contributed by atoms with van der Waals surface area (Å²) < 4.78 is 55.0. The molecule has 6 nitrogen and oxygen atoms in total. The van der Waals surface area contributed by atoms with Crippen molar-refractivity contribution in [3.63, 3.8) is 0 Å². The van der Waals surface area contributed by atoms with E-state index in [-0.39, 0.29) is 34.5 Å². The average Bonchev–Trinajstić information content (AvgIpc) is 3.42. The number of hydrogen-bond acceptors (Lipinski definition) is 6. The first kappa shape index (κ1) is 25.9. The van der Waals surface area contributed by atoms with Crippen molar-refractivity contribution in [2.45, 2.75) is 18.0 Å². The molecule has 0 saturated carbocycles. The van der Waals surface area contributed by atoms with Crippen molar-refractivity contribution in [3.05, 3.63) is 94.0 Å². The molecule has 0 aliphatic carbocycles. The van der Waals surface area contributed by atoms with Gasteiger partial charge in [-0.15, -0.1) is 11.3 Å². The van der Waals surface area contributed by atoms with Crippen LogP contribution in [0.3, 0.4) is 0 Å². The zero-order valence-electron chi connectivity index (χ0n) is 19.3. The molecule has 0 saturated heterocycles. The Hall–Kier alpha value is -3.21. The lowest BCUT2D eigenvalue weighted by atomic mass is 10.2. The SMILES string of the molecule is COc1ccc(CN(c2nccs2)S(=O)c2cc(Cl)c(NCc3ccccc3F)cc2F)c(OC)c1. The second kappa shape index (κ2) is 11.7. The van der Waals surface area contributed by atoms with Gasteiger partial charge in [-0.3, -0.25) is 4.31 Å². The van der Waals surface area contributed by atoms with Crippen LogP contribution in [0.5, 0.6) is 11.5 Å². The molecule has 3 aromatic carbocycles. The molecule has 0 bridgehead atoms. The topological polar surface area (TPSA) is 63.7 Å². The highest BCUT2D eigenvalue weighted by atomic mass is 35.5. The third-order valence-corrected chi connectivity index (χ3v) is 7.89. The summed E-state index contributed by atoms with van der Waals surface area (Å²) in [7, 11) is 1.08. The van der Waals surface area contributed by atoms with Crippen LogP contribution in [0.1, 0.15) is 11.1 Å². The number of hydrogen-bond donors (Lipinski definition) is 1. The fourth-order valence-corrected chi connectivity index (χ4v) is 5.72. The van der Waals surface area contributed by atoms with Gasteiger partial charge in [-0.25, -0.2) is 18.0 Å². The highest BCUT2D eigenvalue weighted by molar-refractivity contribution is 7.86. The van der Waals surface area contributed by atoms with Crippen molar-refractivity contribution >= 4 is 44.7 Å². The van der Waals surface area contributed by atoms with Crippen LogP contribution in [0.2, 0.25) is 5.02 Å². The van der Waals surface area contributed by atoms with Gasteiger partial charge in [0.15, 0.2) is 16.1 Å². The summed E-state index contributed by atoms with van der Waals surface area (Å²) in [5, 5.41) is 5.26. The molecule has 4 rings (SSSR count). The lowest BCUT2D eigenvalue weighted by molar-refractivity contribution is 0.391. The van der Waals surface area contributed by atoms with Gasteiger partial charge in [-0.05, 0) is 30.3 Å². The average molecular weight is 550 g/mol. The van der Waals surface area contributed by atoms with E-state index in [0.717, 1.165) is 6.07 Å². The van der Waals surface area contributed by atoms with Crippen molar-refractivity contribution in [2.24, 2.45) is 0 Å². The molecule has 36 heavy (non-hydrogen) atoms. The number of aromatic nitrogens is 1. The summed E-state index contributed by atoms with van der Waals surface area (Å²) in [6.45, 7) is 0.231. The molecule has 1 aromatic heterocycles. The Bertz CT molecular complexity index is 1370. The quantitative estimate of drug-likeness (QED) is 0.247. The van der Waals surface area contributed by atoms with E-state index in [9.17, 15) is 8.60 Å². The van der Waals surface area contributed by atoms with Gasteiger partial charge in [0.1, 0.15) is 23.1 Å². The minimum absolute atomic E-state index is 0.108. The Balaban J connectivity index is 1.62. The first-order chi connectivity index (χ1) is 17.4. The minimum Gasteiger partial charge on any atom is -0.497 e. The summed E-state index contributed by atoms with van der Waals surface area (Å²) in [4.78, 5) is 4.16. The Kier molecular flexibility index (Phi) is 8.40. The van der Waals surface area contributed by atoms with Gasteiger partial charge in [-0.1, -0.05) is 29.8 Å². The number of rotatable bonds is 10. The number of methoxy groups -OCH3 is 2. The van der Waals surface area contributed by atoms with Gasteiger partial charge in [-0.2, -0.15) is 0 Å². The maximum atomic E-state index is 15.2. The van der Waals surface area contributed by atoms with Gasteiger partial charge >= 0.3 is 0 Å². The molecule has 0 radical (unpaired) electrons. The van der Waals surface area contributed by atoms with Crippen LogP contribution < -0.4 is 19.1 Å². The van der Waals surface area contributed by atoms with Crippen molar-refractivity contribution in [2.75, 3.05) is 23.8 Å². The number of halogens is 3. The maximum Gasteiger partial charge on any atom is 0.197 e. The lowest BCUT2D eigenvalue weighted by Crippen LogP contribution is -2.26. The molecule has 1 N–H and O–H groups in total. The standard InChI is InChI=1S/C25H22ClF2N3O3S2/c1-33-18-8-7-17(23(11-18)34-2)15-31(25-29-9-10-35-25)36(32)24-12-19(26)22(13-21(24)28)30-14-16-5-3-4-6-20(16)27/h3-13,30H,14-15H2,1-2H3. The summed E-state index contributed by atoms with van der Waals surface area (Å²) in [6, 6.07) is 14.0. The molecule has 4 aromatic rings. The van der Waals surface area contributed by atoms with Gasteiger partial charge in [0.05, 0.1) is 36.4 Å². The Morgan fingerprint density at radius 2 is 1.86 bits per heavy atom. The van der Waals surface area contributed by atoms with Gasteiger partial charge in [0.25, 0.3) is 0 Å². The third kappa shape index (κ3) is 5.77. The molecule has 1 unspecified atom stereocenters. The molecule has 0 amide bonds. The van der Waals surface area contributed by atoms with Crippen LogP contribution in [-0.2, 0) is 24.1 Å². The van der Waals surface area contributed by atoms with Crippen molar-refractivity contribution in [1.82, 2.24) is 4.98 Å². The van der Waals surface area contributed by atoms with E-state index in [1.165, 1.54) is 34.9 Å². The normalized spacial score (nSPS) is 11.7. The minimum atomic E-state index is -1.99. The smallest absolute Gasteiger partial charge is 0.197 e. The summed E-state index contributed by atoms with van der Waals surface area (Å²) in [5.41, 5.74) is 1.37. The Morgan fingerprint density at radius 3 is 2.56 bits per heavy atom.